The quantitative estimate of drug-likeness (QED) is 0.650. The maximum absolute atomic E-state index is 5.91. The molecule has 0 radical (unpaired) electrons. The Labute approximate surface area is 122 Å². The molecule has 2 N–H and O–H groups in total. The van der Waals surface area contributed by atoms with Crippen LogP contribution >= 0.6 is 11.6 Å². The Morgan fingerprint density at radius 1 is 1.35 bits per heavy atom. The molecule has 1 fully saturated rings. The van der Waals surface area contributed by atoms with Crippen molar-refractivity contribution in [3.63, 3.8) is 0 Å². The van der Waals surface area contributed by atoms with Gasteiger partial charge < -0.3 is 15.0 Å². The summed E-state index contributed by atoms with van der Waals surface area (Å²) < 4.78 is 5.34. The van der Waals surface area contributed by atoms with Gasteiger partial charge in [-0.05, 0) is 30.6 Å². The van der Waals surface area contributed by atoms with E-state index in [2.05, 4.69) is 25.2 Å². The summed E-state index contributed by atoms with van der Waals surface area (Å²) in [6.45, 7) is 5.69. The number of anilines is 1. The Kier molecular flexibility index (Phi) is 4.34. The number of nitrogens with zero attached hydrogens (tertiary/aromatic N) is 3. The summed E-state index contributed by atoms with van der Waals surface area (Å²) in [5.41, 5.74) is 0.765. The molecular weight excluding hydrogens is 278 g/mol. The number of halogens is 1. The molecule has 2 aromatic rings. The molecule has 0 saturated carbocycles. The van der Waals surface area contributed by atoms with Gasteiger partial charge >= 0.3 is 0 Å². The number of hydrogen-bond acceptors (Lipinski definition) is 5. The number of aromatic amines is 1. The van der Waals surface area contributed by atoms with Gasteiger partial charge in [0.2, 0.25) is 5.28 Å². The molecule has 0 aromatic carbocycles. The van der Waals surface area contributed by atoms with Gasteiger partial charge in [-0.15, -0.1) is 0 Å². The van der Waals surface area contributed by atoms with Crippen molar-refractivity contribution in [2.45, 2.75) is 6.42 Å². The van der Waals surface area contributed by atoms with Crippen LogP contribution in [0.3, 0.4) is 0 Å². The fraction of sp³-hybridized carbons (Fsp3) is 0.538. The molecule has 1 aliphatic heterocycles. The average Bonchev–Trinajstić information content (AvgIpc) is 2.92. The zero-order valence-electron chi connectivity index (χ0n) is 11.2. The lowest BCUT2D eigenvalue weighted by Gasteiger charge is -2.26. The van der Waals surface area contributed by atoms with Crippen molar-refractivity contribution < 1.29 is 4.74 Å². The first-order chi connectivity index (χ1) is 9.83. The smallest absolute Gasteiger partial charge is 0.226 e. The van der Waals surface area contributed by atoms with Gasteiger partial charge in [0.15, 0.2) is 0 Å². The normalized spacial score (nSPS) is 16.6. The third-order valence-corrected chi connectivity index (χ3v) is 3.60. The predicted molar refractivity (Wildman–Crippen MR) is 79.3 cm³/mol. The fourth-order valence-electron chi connectivity index (χ4n) is 2.38. The molecule has 1 saturated heterocycles. The number of nitrogens with one attached hydrogen (secondary N) is 2. The van der Waals surface area contributed by atoms with Crippen LogP contribution in [-0.2, 0) is 4.74 Å². The molecule has 0 aliphatic carbocycles. The summed E-state index contributed by atoms with van der Waals surface area (Å²) >= 11 is 5.91. The molecule has 0 unspecified atom stereocenters. The lowest BCUT2D eigenvalue weighted by Crippen LogP contribution is -2.37. The number of morpholine rings is 1. The zero-order chi connectivity index (χ0) is 13.8. The second kappa shape index (κ2) is 6.39. The monoisotopic (exact) mass is 295 g/mol. The van der Waals surface area contributed by atoms with Crippen LogP contribution in [0.1, 0.15) is 6.42 Å². The Hall–Kier alpha value is -1.37. The number of aromatic nitrogens is 3. The topological polar surface area (TPSA) is 66.1 Å². The highest BCUT2D eigenvalue weighted by Crippen LogP contribution is 2.20. The van der Waals surface area contributed by atoms with Gasteiger partial charge in [0.1, 0.15) is 11.5 Å². The van der Waals surface area contributed by atoms with Crippen molar-refractivity contribution in [1.82, 2.24) is 19.9 Å². The second-order valence-electron chi connectivity index (χ2n) is 4.82. The summed E-state index contributed by atoms with van der Waals surface area (Å²) in [6, 6.07) is 1.95. The lowest BCUT2D eigenvalue weighted by molar-refractivity contribution is 0.0378. The van der Waals surface area contributed by atoms with E-state index in [1.54, 1.807) is 0 Å². The van der Waals surface area contributed by atoms with Crippen LogP contribution in [0.5, 0.6) is 0 Å². The van der Waals surface area contributed by atoms with Crippen LogP contribution in [0, 0.1) is 0 Å². The molecule has 0 bridgehead atoms. The van der Waals surface area contributed by atoms with Gasteiger partial charge in [0, 0.05) is 25.8 Å². The summed E-state index contributed by atoms with van der Waals surface area (Å²) in [5, 5.41) is 4.57. The van der Waals surface area contributed by atoms with E-state index in [0.717, 1.165) is 62.7 Å². The van der Waals surface area contributed by atoms with Crippen molar-refractivity contribution >= 4 is 28.5 Å². The van der Waals surface area contributed by atoms with Crippen LogP contribution < -0.4 is 5.32 Å². The van der Waals surface area contributed by atoms with E-state index in [9.17, 15) is 0 Å². The highest BCUT2D eigenvalue weighted by Gasteiger charge is 2.10. The van der Waals surface area contributed by atoms with Crippen LogP contribution in [-0.4, -0.2) is 59.2 Å². The van der Waals surface area contributed by atoms with E-state index in [1.165, 1.54) is 0 Å². The maximum atomic E-state index is 5.91. The molecule has 0 spiro atoms. The molecule has 20 heavy (non-hydrogen) atoms. The fourth-order valence-corrected chi connectivity index (χ4v) is 2.55. The number of H-pyrrole nitrogens is 1. The number of fused-ring (bicyclic) bond motifs is 1. The van der Waals surface area contributed by atoms with E-state index in [-0.39, 0.29) is 5.28 Å². The minimum Gasteiger partial charge on any atom is -0.379 e. The van der Waals surface area contributed by atoms with Gasteiger partial charge in [-0.3, -0.25) is 4.90 Å². The first-order valence-electron chi connectivity index (χ1n) is 6.87. The second-order valence-corrected chi connectivity index (χ2v) is 5.15. The molecule has 2 aromatic heterocycles. The van der Waals surface area contributed by atoms with E-state index < -0.39 is 0 Å². The van der Waals surface area contributed by atoms with E-state index in [0.29, 0.717) is 0 Å². The summed E-state index contributed by atoms with van der Waals surface area (Å²) in [7, 11) is 0. The third kappa shape index (κ3) is 3.20. The summed E-state index contributed by atoms with van der Waals surface area (Å²) in [5.74, 6) is 0.795. The largest absolute Gasteiger partial charge is 0.379 e. The molecule has 7 heteroatoms. The van der Waals surface area contributed by atoms with E-state index >= 15 is 0 Å². The molecule has 6 nitrogen and oxygen atoms in total. The maximum Gasteiger partial charge on any atom is 0.226 e. The molecule has 1 aliphatic rings. The van der Waals surface area contributed by atoms with Gasteiger partial charge in [0.25, 0.3) is 0 Å². The highest BCUT2D eigenvalue weighted by molar-refractivity contribution is 6.28. The third-order valence-electron chi connectivity index (χ3n) is 3.44. The Morgan fingerprint density at radius 3 is 3.05 bits per heavy atom. The van der Waals surface area contributed by atoms with Crippen LogP contribution in [0.15, 0.2) is 12.3 Å². The number of ether oxygens (including phenoxy) is 1. The molecule has 108 valence electrons. The first-order valence-corrected chi connectivity index (χ1v) is 7.25. The summed E-state index contributed by atoms with van der Waals surface area (Å²) in [6.07, 6.45) is 2.90. The van der Waals surface area contributed by atoms with Gasteiger partial charge in [-0.2, -0.15) is 4.98 Å². The molecule has 3 heterocycles. The van der Waals surface area contributed by atoms with Crippen molar-refractivity contribution in [3.05, 3.63) is 17.5 Å². The Morgan fingerprint density at radius 2 is 2.20 bits per heavy atom. The molecule has 0 atom stereocenters. The lowest BCUT2D eigenvalue weighted by atomic mass is 10.3. The van der Waals surface area contributed by atoms with Crippen molar-refractivity contribution in [2.75, 3.05) is 44.7 Å². The van der Waals surface area contributed by atoms with Gasteiger partial charge in [-0.1, -0.05) is 0 Å². The predicted octanol–water partition coefficient (Wildman–Crippen LogP) is 1.75. The van der Waals surface area contributed by atoms with Crippen LogP contribution in [0.2, 0.25) is 5.28 Å². The minimum absolute atomic E-state index is 0.260. The van der Waals surface area contributed by atoms with Crippen molar-refractivity contribution in [3.8, 4) is 0 Å². The standard InChI is InChI=1S/C13H18ClN5O/c14-13-17-11(10-2-4-16-12(10)18-13)15-3-1-5-19-6-8-20-9-7-19/h2,4H,1,3,5-9H2,(H2,15,16,17,18). The van der Waals surface area contributed by atoms with Crippen LogP contribution in [0.4, 0.5) is 5.82 Å². The highest BCUT2D eigenvalue weighted by atomic mass is 35.5. The molecule has 0 amide bonds. The zero-order valence-corrected chi connectivity index (χ0v) is 12.0. The first kappa shape index (κ1) is 13.6. The minimum atomic E-state index is 0.260. The van der Waals surface area contributed by atoms with E-state index in [1.807, 2.05) is 12.3 Å². The average molecular weight is 296 g/mol. The van der Waals surface area contributed by atoms with Crippen LogP contribution in [0.25, 0.3) is 11.0 Å². The Bertz CT molecular complexity index is 567. The summed E-state index contributed by atoms with van der Waals surface area (Å²) in [4.78, 5) is 13.8. The van der Waals surface area contributed by atoms with Gasteiger partial charge in [-0.25, -0.2) is 4.98 Å². The number of rotatable bonds is 5. The number of hydrogen-bond donors (Lipinski definition) is 2. The van der Waals surface area contributed by atoms with Crippen molar-refractivity contribution in [2.24, 2.45) is 0 Å². The van der Waals surface area contributed by atoms with E-state index in [4.69, 9.17) is 16.3 Å². The Balaban J connectivity index is 1.53. The molecule has 3 rings (SSSR count). The van der Waals surface area contributed by atoms with Gasteiger partial charge in [0.05, 0.1) is 18.6 Å². The van der Waals surface area contributed by atoms with Crippen molar-refractivity contribution in [1.29, 1.82) is 0 Å². The molecular formula is C13H18ClN5O. The SMILES string of the molecule is Clc1nc(NCCCN2CCOCC2)c2cc[nH]c2n1.